The second-order valence-electron chi connectivity index (χ2n) is 5.09. The van der Waals surface area contributed by atoms with Gasteiger partial charge in [0.2, 0.25) is 7.37 Å². The van der Waals surface area contributed by atoms with Gasteiger partial charge in [-0.25, -0.2) is 4.79 Å². The Kier molecular flexibility index (Phi) is 10.3. The number of carboxylic acids is 1. The summed E-state index contributed by atoms with van der Waals surface area (Å²) >= 11 is 1.60. The van der Waals surface area contributed by atoms with Gasteiger partial charge in [-0.3, -0.25) is 4.57 Å². The van der Waals surface area contributed by atoms with Gasteiger partial charge in [0.15, 0.2) is 0 Å². The molecule has 0 amide bonds. The van der Waals surface area contributed by atoms with Gasteiger partial charge in [-0.1, -0.05) is 19.9 Å². The zero-order valence-electron chi connectivity index (χ0n) is 12.1. The lowest BCUT2D eigenvalue weighted by Crippen LogP contribution is -2.09. The normalized spacial score (nSPS) is 15.3. The summed E-state index contributed by atoms with van der Waals surface area (Å²) < 4.78 is 11.9. The van der Waals surface area contributed by atoms with Gasteiger partial charge in [0, 0.05) is 17.5 Å². The molecule has 1 unspecified atom stereocenters. The van der Waals surface area contributed by atoms with Crippen LogP contribution in [-0.2, 0) is 9.36 Å². The number of aliphatic hydroxyl groups is 1. The number of rotatable bonds is 11. The van der Waals surface area contributed by atoms with Crippen LogP contribution in [0.15, 0.2) is 11.6 Å². The minimum Gasteiger partial charge on any atom is -0.478 e. The molecule has 0 heterocycles. The number of aliphatic hydroxyl groups excluding tert-OH is 1. The number of carboxylic acid groups (broad SMARTS) is 1. The minimum absolute atomic E-state index is 0.0311. The first-order valence-corrected chi connectivity index (χ1v) is 9.88. The van der Waals surface area contributed by atoms with Crippen LogP contribution in [0.5, 0.6) is 0 Å². The zero-order chi connectivity index (χ0) is 15.6. The molecule has 0 aliphatic heterocycles. The van der Waals surface area contributed by atoms with Gasteiger partial charge in [0.05, 0.1) is 12.8 Å². The predicted octanol–water partition coefficient (Wildman–Crippen LogP) is 2.43. The molecule has 118 valence electrons. The molecule has 0 aliphatic carbocycles. The van der Waals surface area contributed by atoms with Crippen LogP contribution in [-0.4, -0.2) is 51.5 Å². The van der Waals surface area contributed by atoms with E-state index in [1.165, 1.54) is 0 Å². The maximum Gasteiger partial charge on any atom is 0.331 e. The van der Waals surface area contributed by atoms with E-state index in [9.17, 15) is 14.3 Å². The zero-order valence-corrected chi connectivity index (χ0v) is 13.8. The number of hydrogen-bond donors (Lipinski definition) is 3. The van der Waals surface area contributed by atoms with E-state index >= 15 is 0 Å². The monoisotopic (exact) mass is 324 g/mol. The summed E-state index contributed by atoms with van der Waals surface area (Å²) in [7, 11) is -3.41. The Balaban J connectivity index is 4.35. The van der Waals surface area contributed by atoms with Gasteiger partial charge >= 0.3 is 5.97 Å². The van der Waals surface area contributed by atoms with Crippen LogP contribution < -0.4 is 0 Å². The number of unbranched alkanes of at least 4 members (excludes halogenated alkanes) is 1. The van der Waals surface area contributed by atoms with Crippen molar-refractivity contribution in [1.82, 2.24) is 0 Å². The van der Waals surface area contributed by atoms with Crippen molar-refractivity contribution in [1.29, 1.82) is 0 Å². The third kappa shape index (κ3) is 10.5. The summed E-state index contributed by atoms with van der Waals surface area (Å²) in [6.07, 6.45) is 2.79. The molecule has 0 aromatic heterocycles. The molecule has 5 nitrogen and oxygen atoms in total. The van der Waals surface area contributed by atoms with Crippen LogP contribution in [0.1, 0.15) is 26.7 Å². The summed E-state index contributed by atoms with van der Waals surface area (Å²) in [6, 6.07) is 0. The van der Waals surface area contributed by atoms with Gasteiger partial charge < -0.3 is 15.1 Å². The Morgan fingerprint density at radius 2 is 2.00 bits per heavy atom. The Hall–Kier alpha value is -0.290. The second-order valence-corrected chi connectivity index (χ2v) is 8.69. The molecule has 0 saturated heterocycles. The average Bonchev–Trinajstić information content (AvgIpc) is 2.30. The van der Waals surface area contributed by atoms with E-state index in [0.29, 0.717) is 12.2 Å². The molecular formula is C13H25O5PS. The topological polar surface area (TPSA) is 94.8 Å². The Morgan fingerprint density at radius 3 is 2.50 bits per heavy atom. The standard InChI is InChI=1S/C13H25O5PS/c1-11(2)9-19(17,18)10-12(13(15)16)5-3-4-7-20-8-6-14/h5,11,14H,3-4,6-10H2,1-2H3,(H,15,16)(H,17,18). The van der Waals surface area contributed by atoms with Crippen molar-refractivity contribution in [2.75, 3.05) is 30.4 Å². The highest BCUT2D eigenvalue weighted by atomic mass is 32.2. The molecule has 1 atom stereocenters. The molecule has 0 bridgehead atoms. The maximum atomic E-state index is 11.9. The average molecular weight is 324 g/mol. The minimum atomic E-state index is -3.41. The lowest BCUT2D eigenvalue weighted by molar-refractivity contribution is -0.132. The summed E-state index contributed by atoms with van der Waals surface area (Å²) in [6.45, 7) is 3.82. The van der Waals surface area contributed by atoms with E-state index in [1.54, 1.807) is 17.8 Å². The fourth-order valence-electron chi connectivity index (χ4n) is 1.75. The summed E-state index contributed by atoms with van der Waals surface area (Å²) in [5.41, 5.74) is 0.0311. The molecule has 0 rings (SSSR count). The van der Waals surface area contributed by atoms with E-state index in [2.05, 4.69) is 0 Å². The predicted molar refractivity (Wildman–Crippen MR) is 83.8 cm³/mol. The van der Waals surface area contributed by atoms with E-state index < -0.39 is 13.3 Å². The van der Waals surface area contributed by atoms with Gasteiger partial charge in [-0.05, 0) is 24.5 Å². The van der Waals surface area contributed by atoms with E-state index in [0.717, 1.165) is 12.2 Å². The fourth-order valence-corrected chi connectivity index (χ4v) is 4.52. The first-order valence-electron chi connectivity index (χ1n) is 6.70. The van der Waals surface area contributed by atoms with Crippen LogP contribution in [0, 0.1) is 5.92 Å². The Morgan fingerprint density at radius 1 is 1.35 bits per heavy atom. The molecule has 0 aromatic rings. The highest BCUT2D eigenvalue weighted by molar-refractivity contribution is 7.99. The quantitative estimate of drug-likeness (QED) is 0.307. The van der Waals surface area contributed by atoms with Gasteiger partial charge in [0.1, 0.15) is 0 Å². The van der Waals surface area contributed by atoms with Crippen molar-refractivity contribution < 1.29 is 24.5 Å². The van der Waals surface area contributed by atoms with E-state index in [1.807, 2.05) is 13.8 Å². The summed E-state index contributed by atoms with van der Waals surface area (Å²) in [4.78, 5) is 20.9. The fraction of sp³-hybridized carbons (Fsp3) is 0.769. The van der Waals surface area contributed by atoms with Crippen molar-refractivity contribution >= 4 is 25.1 Å². The Bertz CT molecular complexity index is 368. The van der Waals surface area contributed by atoms with Gasteiger partial charge in [-0.2, -0.15) is 11.8 Å². The molecule has 0 radical (unpaired) electrons. The number of allylic oxidation sites excluding steroid dienone is 1. The SMILES string of the molecule is CC(C)CP(=O)(O)CC(=CCCCSCCO)C(=O)O. The molecule has 3 N–H and O–H groups in total. The number of hydrogen-bond acceptors (Lipinski definition) is 4. The third-order valence-electron chi connectivity index (χ3n) is 2.46. The maximum absolute atomic E-state index is 11.9. The van der Waals surface area contributed by atoms with E-state index in [-0.39, 0.29) is 30.4 Å². The number of thioether (sulfide) groups is 1. The van der Waals surface area contributed by atoms with Crippen LogP contribution in [0.2, 0.25) is 0 Å². The third-order valence-corrected chi connectivity index (χ3v) is 5.65. The lowest BCUT2D eigenvalue weighted by atomic mass is 10.2. The molecule has 0 saturated carbocycles. The first kappa shape index (κ1) is 19.7. The smallest absolute Gasteiger partial charge is 0.331 e. The van der Waals surface area contributed by atoms with Gasteiger partial charge in [0.25, 0.3) is 0 Å². The lowest BCUT2D eigenvalue weighted by Gasteiger charge is -2.14. The first-order chi connectivity index (χ1) is 9.28. The molecule has 0 spiro atoms. The number of aliphatic carboxylic acids is 1. The Labute approximate surface area is 124 Å². The largest absolute Gasteiger partial charge is 0.478 e. The van der Waals surface area contributed by atoms with Crippen molar-refractivity contribution in [3.05, 3.63) is 11.6 Å². The molecule has 7 heteroatoms. The van der Waals surface area contributed by atoms with Crippen LogP contribution >= 0.6 is 19.1 Å². The molecule has 0 aromatic carbocycles. The highest BCUT2D eigenvalue weighted by Gasteiger charge is 2.24. The highest BCUT2D eigenvalue weighted by Crippen LogP contribution is 2.44. The molecule has 0 fully saturated rings. The van der Waals surface area contributed by atoms with Crippen molar-refractivity contribution in [2.24, 2.45) is 5.92 Å². The molecular weight excluding hydrogens is 299 g/mol. The van der Waals surface area contributed by atoms with Crippen molar-refractivity contribution in [2.45, 2.75) is 26.7 Å². The van der Waals surface area contributed by atoms with Crippen molar-refractivity contribution in [3.8, 4) is 0 Å². The number of carbonyl (C=O) groups is 1. The summed E-state index contributed by atoms with van der Waals surface area (Å²) in [5, 5.41) is 17.7. The van der Waals surface area contributed by atoms with E-state index in [4.69, 9.17) is 10.2 Å². The van der Waals surface area contributed by atoms with Crippen LogP contribution in [0.25, 0.3) is 0 Å². The van der Waals surface area contributed by atoms with Crippen LogP contribution in [0.4, 0.5) is 0 Å². The molecule has 0 aliphatic rings. The second kappa shape index (κ2) is 10.4. The summed E-state index contributed by atoms with van der Waals surface area (Å²) in [5.74, 6) is 0.462. The van der Waals surface area contributed by atoms with Crippen molar-refractivity contribution in [3.63, 3.8) is 0 Å². The van der Waals surface area contributed by atoms with Crippen LogP contribution in [0.3, 0.4) is 0 Å². The van der Waals surface area contributed by atoms with Gasteiger partial charge in [-0.15, -0.1) is 0 Å². The molecule has 20 heavy (non-hydrogen) atoms.